The quantitative estimate of drug-likeness (QED) is 0.710. The zero-order chi connectivity index (χ0) is 8.39. The number of hydrogen-bond donors (Lipinski definition) is 1. The number of hydrogen-bond acceptors (Lipinski definition) is 2. The maximum atomic E-state index is 3.43. The van der Waals surface area contributed by atoms with Crippen molar-refractivity contribution in [3.05, 3.63) is 35.9 Å². The van der Waals surface area contributed by atoms with Gasteiger partial charge >= 0.3 is 0 Å². The number of benzene rings is 1. The summed E-state index contributed by atoms with van der Waals surface area (Å²) in [7, 11) is 0. The fraction of sp³-hybridized carbons (Fsp3) is 0.400. The third kappa shape index (κ3) is 1.65. The molecule has 1 saturated heterocycles. The molecule has 1 aliphatic rings. The lowest BCUT2D eigenvalue weighted by atomic mass is 10.1. The molecular formula is C10H13NS. The van der Waals surface area contributed by atoms with Crippen LogP contribution in [0.4, 0.5) is 0 Å². The minimum Gasteiger partial charge on any atom is -0.304 e. The standard InChI is InChI=1S/C10H13NS/c1-8-11-7-10(12-8)9-5-3-2-4-6-9/h2-6,8,10-11H,7H2,1H3/t8-,10-/m0/s1. The van der Waals surface area contributed by atoms with Crippen molar-refractivity contribution in [3.8, 4) is 0 Å². The Morgan fingerprint density at radius 2 is 2.08 bits per heavy atom. The monoisotopic (exact) mass is 179 g/mol. The topological polar surface area (TPSA) is 12.0 Å². The Morgan fingerprint density at radius 1 is 1.33 bits per heavy atom. The van der Waals surface area contributed by atoms with Crippen molar-refractivity contribution in [2.24, 2.45) is 0 Å². The molecule has 1 N–H and O–H groups in total. The molecule has 1 nitrogen and oxygen atoms in total. The first-order valence-electron chi connectivity index (χ1n) is 4.30. The highest BCUT2D eigenvalue weighted by molar-refractivity contribution is 8.00. The Bertz CT molecular complexity index is 247. The fourth-order valence-electron chi connectivity index (χ4n) is 1.48. The van der Waals surface area contributed by atoms with Gasteiger partial charge in [-0.15, -0.1) is 11.8 Å². The lowest BCUT2D eigenvalue weighted by molar-refractivity contribution is 0.722. The maximum Gasteiger partial charge on any atom is 0.0510 e. The summed E-state index contributed by atoms with van der Waals surface area (Å²) in [4.78, 5) is 0. The molecule has 0 saturated carbocycles. The van der Waals surface area contributed by atoms with Crippen LogP contribution in [-0.2, 0) is 0 Å². The molecule has 2 heteroatoms. The third-order valence-electron chi connectivity index (χ3n) is 2.13. The average molecular weight is 179 g/mol. The summed E-state index contributed by atoms with van der Waals surface area (Å²) in [6.45, 7) is 3.32. The molecule has 2 rings (SSSR count). The molecule has 1 aliphatic heterocycles. The first-order chi connectivity index (χ1) is 5.86. The molecule has 1 aromatic carbocycles. The predicted molar refractivity (Wildman–Crippen MR) is 54.2 cm³/mol. The first kappa shape index (κ1) is 8.14. The highest BCUT2D eigenvalue weighted by Gasteiger charge is 2.21. The van der Waals surface area contributed by atoms with Crippen LogP contribution in [0.25, 0.3) is 0 Å². The van der Waals surface area contributed by atoms with E-state index < -0.39 is 0 Å². The van der Waals surface area contributed by atoms with E-state index in [1.807, 2.05) is 11.8 Å². The van der Waals surface area contributed by atoms with Gasteiger partial charge in [-0.2, -0.15) is 0 Å². The van der Waals surface area contributed by atoms with E-state index in [0.29, 0.717) is 10.6 Å². The van der Waals surface area contributed by atoms with Crippen molar-refractivity contribution in [2.75, 3.05) is 6.54 Å². The van der Waals surface area contributed by atoms with Crippen molar-refractivity contribution in [1.82, 2.24) is 5.32 Å². The summed E-state index contributed by atoms with van der Waals surface area (Å²) >= 11 is 2.01. The molecule has 1 fully saturated rings. The lowest BCUT2D eigenvalue weighted by Gasteiger charge is -2.07. The molecule has 0 aliphatic carbocycles. The van der Waals surface area contributed by atoms with Crippen LogP contribution in [0.15, 0.2) is 30.3 Å². The third-order valence-corrected chi connectivity index (χ3v) is 3.47. The van der Waals surface area contributed by atoms with Crippen LogP contribution in [0, 0.1) is 0 Å². The van der Waals surface area contributed by atoms with Crippen molar-refractivity contribution in [3.63, 3.8) is 0 Å². The van der Waals surface area contributed by atoms with E-state index in [1.54, 1.807) is 0 Å². The summed E-state index contributed by atoms with van der Waals surface area (Å²) in [5.74, 6) is 0. The molecule has 2 atom stereocenters. The molecule has 0 spiro atoms. The van der Waals surface area contributed by atoms with Gasteiger partial charge in [0, 0.05) is 11.8 Å². The molecule has 1 aromatic rings. The summed E-state index contributed by atoms with van der Waals surface area (Å²) in [6.07, 6.45) is 0. The van der Waals surface area contributed by atoms with E-state index in [-0.39, 0.29) is 0 Å². The molecule has 12 heavy (non-hydrogen) atoms. The number of thioether (sulfide) groups is 1. The Hall–Kier alpha value is -0.470. The summed E-state index contributed by atoms with van der Waals surface area (Å²) in [5, 5.41) is 4.69. The minimum absolute atomic E-state index is 0.607. The zero-order valence-corrected chi connectivity index (χ0v) is 7.97. The van der Waals surface area contributed by atoms with Crippen LogP contribution >= 0.6 is 11.8 Å². The van der Waals surface area contributed by atoms with E-state index in [4.69, 9.17) is 0 Å². The lowest BCUT2D eigenvalue weighted by Crippen LogP contribution is -2.15. The summed E-state index contributed by atoms with van der Waals surface area (Å²) < 4.78 is 0. The predicted octanol–water partition coefficient (Wildman–Crippen LogP) is 2.41. The van der Waals surface area contributed by atoms with Crippen molar-refractivity contribution in [1.29, 1.82) is 0 Å². The normalized spacial score (nSPS) is 29.1. The largest absolute Gasteiger partial charge is 0.304 e. The van der Waals surface area contributed by atoms with Crippen LogP contribution in [-0.4, -0.2) is 11.9 Å². The second kappa shape index (κ2) is 3.50. The van der Waals surface area contributed by atoms with Crippen molar-refractivity contribution >= 4 is 11.8 Å². The van der Waals surface area contributed by atoms with Crippen LogP contribution in [0.1, 0.15) is 17.7 Å². The molecular weight excluding hydrogens is 166 g/mol. The van der Waals surface area contributed by atoms with Gasteiger partial charge in [0.15, 0.2) is 0 Å². The second-order valence-corrected chi connectivity index (χ2v) is 4.63. The first-order valence-corrected chi connectivity index (χ1v) is 5.24. The van der Waals surface area contributed by atoms with Crippen LogP contribution < -0.4 is 5.32 Å². The molecule has 0 bridgehead atoms. The van der Waals surface area contributed by atoms with Gasteiger partial charge in [-0.1, -0.05) is 30.3 Å². The maximum absolute atomic E-state index is 3.43. The van der Waals surface area contributed by atoms with Crippen LogP contribution in [0.5, 0.6) is 0 Å². The highest BCUT2D eigenvalue weighted by Crippen LogP contribution is 2.35. The highest BCUT2D eigenvalue weighted by atomic mass is 32.2. The van der Waals surface area contributed by atoms with Gasteiger partial charge in [0.25, 0.3) is 0 Å². The number of rotatable bonds is 1. The molecule has 1 heterocycles. The SMILES string of the molecule is C[C@H]1NC[C@@H](c2ccccc2)S1. The van der Waals surface area contributed by atoms with Gasteiger partial charge in [-0.25, -0.2) is 0 Å². The Balaban J connectivity index is 2.11. The van der Waals surface area contributed by atoms with E-state index in [2.05, 4.69) is 42.6 Å². The number of nitrogens with one attached hydrogen (secondary N) is 1. The van der Waals surface area contributed by atoms with Crippen molar-refractivity contribution < 1.29 is 0 Å². The van der Waals surface area contributed by atoms with Gasteiger partial charge in [-0.3, -0.25) is 0 Å². The molecule has 0 unspecified atom stereocenters. The smallest absolute Gasteiger partial charge is 0.0510 e. The van der Waals surface area contributed by atoms with Gasteiger partial charge in [0.05, 0.1) is 5.37 Å². The van der Waals surface area contributed by atoms with Gasteiger partial charge in [0.1, 0.15) is 0 Å². The Morgan fingerprint density at radius 3 is 2.67 bits per heavy atom. The van der Waals surface area contributed by atoms with Crippen LogP contribution in [0.2, 0.25) is 0 Å². The molecule has 64 valence electrons. The average Bonchev–Trinajstić information content (AvgIpc) is 2.54. The van der Waals surface area contributed by atoms with Crippen molar-refractivity contribution in [2.45, 2.75) is 17.5 Å². The molecule has 0 radical (unpaired) electrons. The van der Waals surface area contributed by atoms with E-state index in [1.165, 1.54) is 5.56 Å². The summed E-state index contributed by atoms with van der Waals surface area (Å²) in [5.41, 5.74) is 1.44. The minimum atomic E-state index is 0.607. The van der Waals surface area contributed by atoms with Gasteiger partial charge in [0.2, 0.25) is 0 Å². The summed E-state index contributed by atoms with van der Waals surface area (Å²) in [6, 6.07) is 10.7. The van der Waals surface area contributed by atoms with E-state index >= 15 is 0 Å². The Labute approximate surface area is 77.6 Å². The Kier molecular flexibility index (Phi) is 2.38. The molecule has 0 aromatic heterocycles. The van der Waals surface area contributed by atoms with Crippen LogP contribution in [0.3, 0.4) is 0 Å². The van der Waals surface area contributed by atoms with Gasteiger partial charge in [-0.05, 0) is 12.5 Å². The second-order valence-electron chi connectivity index (χ2n) is 3.09. The van der Waals surface area contributed by atoms with E-state index in [0.717, 1.165) is 6.54 Å². The fourth-order valence-corrected chi connectivity index (χ4v) is 2.67. The van der Waals surface area contributed by atoms with Gasteiger partial charge < -0.3 is 5.32 Å². The van der Waals surface area contributed by atoms with E-state index in [9.17, 15) is 0 Å². The zero-order valence-electron chi connectivity index (χ0n) is 7.16. The molecule has 0 amide bonds.